The van der Waals surface area contributed by atoms with Crippen molar-refractivity contribution < 1.29 is 9.90 Å². The first-order chi connectivity index (χ1) is 6.80. The predicted molar refractivity (Wildman–Crippen MR) is 56.4 cm³/mol. The summed E-state index contributed by atoms with van der Waals surface area (Å²) in [5, 5.41) is 10.4. The molecule has 4 rings (SSSR count). The van der Waals surface area contributed by atoms with Gasteiger partial charge in [0.05, 0.1) is 11.5 Å². The van der Waals surface area contributed by atoms with Crippen LogP contribution in [0.15, 0.2) is 0 Å². The van der Waals surface area contributed by atoms with Crippen LogP contribution in [0, 0.1) is 16.2 Å². The van der Waals surface area contributed by atoms with Crippen LogP contribution in [0.5, 0.6) is 0 Å². The Morgan fingerprint density at radius 2 is 1.93 bits per heavy atom. The average molecular weight is 209 g/mol. The largest absolute Gasteiger partial charge is 0.391 e. The summed E-state index contributed by atoms with van der Waals surface area (Å²) in [6.07, 6.45) is 0.397. The summed E-state index contributed by atoms with van der Waals surface area (Å²) in [7, 11) is 0. The van der Waals surface area contributed by atoms with Gasteiger partial charge in [0.2, 0.25) is 0 Å². The molecule has 1 N–H and O–H groups in total. The summed E-state index contributed by atoms with van der Waals surface area (Å²) in [6, 6.07) is 0. The summed E-state index contributed by atoms with van der Waals surface area (Å²) in [4.78, 5) is 14.7. The third kappa shape index (κ3) is 0.918. The van der Waals surface area contributed by atoms with Crippen molar-refractivity contribution in [3.05, 3.63) is 0 Å². The van der Waals surface area contributed by atoms with Gasteiger partial charge in [-0.25, -0.2) is 0 Å². The van der Waals surface area contributed by atoms with E-state index in [0.29, 0.717) is 0 Å². The third-order valence-electron chi connectivity index (χ3n) is 4.83. The molecule has 1 aliphatic carbocycles. The van der Waals surface area contributed by atoms with Crippen molar-refractivity contribution in [2.45, 2.75) is 33.3 Å². The molecule has 4 fully saturated rings. The van der Waals surface area contributed by atoms with E-state index in [1.54, 1.807) is 0 Å². The van der Waals surface area contributed by atoms with E-state index >= 15 is 0 Å². The fourth-order valence-electron chi connectivity index (χ4n) is 4.72. The van der Waals surface area contributed by atoms with Gasteiger partial charge in [-0.1, -0.05) is 13.8 Å². The molecule has 4 aliphatic rings. The van der Waals surface area contributed by atoms with E-state index in [-0.39, 0.29) is 16.6 Å². The molecule has 3 saturated heterocycles. The summed E-state index contributed by atoms with van der Waals surface area (Å²) in [5.74, 6) is 0.288. The maximum absolute atomic E-state index is 12.4. The van der Waals surface area contributed by atoms with Crippen LogP contribution in [-0.2, 0) is 4.79 Å². The zero-order valence-corrected chi connectivity index (χ0v) is 9.71. The Bertz CT molecular complexity index is 356. The second kappa shape index (κ2) is 2.30. The van der Waals surface area contributed by atoms with Crippen LogP contribution in [0.2, 0.25) is 0 Å². The van der Waals surface area contributed by atoms with E-state index < -0.39 is 11.5 Å². The van der Waals surface area contributed by atoms with Crippen molar-refractivity contribution in [2.75, 3.05) is 19.6 Å². The SMILES string of the molecule is C[C@]12CN3C[C@](C)(C1)[C@H](O)[C@@](C)(C3)C2=O. The number of Topliss-reactive ketones (excluding diaryl/α,β-unsaturated/α-hetero) is 1. The highest BCUT2D eigenvalue weighted by Crippen LogP contribution is 2.59. The Labute approximate surface area is 90.5 Å². The van der Waals surface area contributed by atoms with Crippen LogP contribution in [0.4, 0.5) is 0 Å². The summed E-state index contributed by atoms with van der Waals surface area (Å²) in [5.41, 5.74) is -0.800. The van der Waals surface area contributed by atoms with Gasteiger partial charge in [0.1, 0.15) is 5.78 Å². The van der Waals surface area contributed by atoms with Crippen LogP contribution < -0.4 is 0 Å². The third-order valence-corrected chi connectivity index (χ3v) is 4.83. The Hall–Kier alpha value is -0.410. The molecule has 0 aromatic carbocycles. The molecule has 0 aromatic rings. The quantitative estimate of drug-likeness (QED) is 0.637. The van der Waals surface area contributed by atoms with E-state index in [2.05, 4.69) is 18.7 Å². The number of hydrogen-bond acceptors (Lipinski definition) is 3. The molecule has 3 heterocycles. The number of carbonyl (C=O) groups excluding carboxylic acids is 1. The minimum atomic E-state index is -0.516. The lowest BCUT2D eigenvalue weighted by molar-refractivity contribution is -0.218. The molecule has 0 spiro atoms. The first-order valence-electron chi connectivity index (χ1n) is 5.76. The van der Waals surface area contributed by atoms with Gasteiger partial charge >= 0.3 is 0 Å². The van der Waals surface area contributed by atoms with E-state index in [1.165, 1.54) is 0 Å². The lowest BCUT2D eigenvalue weighted by Crippen LogP contribution is -2.76. The maximum atomic E-state index is 12.4. The molecule has 3 heteroatoms. The van der Waals surface area contributed by atoms with Crippen molar-refractivity contribution in [1.29, 1.82) is 0 Å². The number of nitrogens with zero attached hydrogens (tertiary/aromatic N) is 1. The lowest BCUT2D eigenvalue weighted by Gasteiger charge is -2.66. The monoisotopic (exact) mass is 209 g/mol. The van der Waals surface area contributed by atoms with Gasteiger partial charge in [-0.3, -0.25) is 4.79 Å². The summed E-state index contributed by atoms with van der Waals surface area (Å²) < 4.78 is 0. The Kier molecular flexibility index (Phi) is 1.50. The molecule has 4 bridgehead atoms. The number of rotatable bonds is 0. The highest BCUT2D eigenvalue weighted by Gasteiger charge is 2.68. The smallest absolute Gasteiger partial charge is 0.149 e. The second-order valence-corrected chi connectivity index (χ2v) is 6.69. The van der Waals surface area contributed by atoms with Gasteiger partial charge in [0.25, 0.3) is 0 Å². The fraction of sp³-hybridized carbons (Fsp3) is 0.917. The number of hydrogen-bond donors (Lipinski definition) is 1. The summed E-state index contributed by atoms with van der Waals surface area (Å²) in [6.45, 7) is 8.74. The molecule has 15 heavy (non-hydrogen) atoms. The van der Waals surface area contributed by atoms with Crippen LogP contribution in [0.25, 0.3) is 0 Å². The first-order valence-corrected chi connectivity index (χ1v) is 5.76. The molecular formula is C12H19NO2. The predicted octanol–water partition coefficient (Wildman–Crippen LogP) is 0.668. The molecule has 1 unspecified atom stereocenters. The zero-order chi connectivity index (χ0) is 11.1. The number of aliphatic hydroxyl groups is 1. The molecule has 5 atom stereocenters. The van der Waals surface area contributed by atoms with Crippen molar-refractivity contribution in [1.82, 2.24) is 4.90 Å². The van der Waals surface area contributed by atoms with Crippen molar-refractivity contribution in [3.63, 3.8) is 0 Å². The Balaban J connectivity index is 2.16. The van der Waals surface area contributed by atoms with Crippen LogP contribution >= 0.6 is 0 Å². The first kappa shape index (κ1) is 9.79. The van der Waals surface area contributed by atoms with Gasteiger partial charge in [0, 0.05) is 30.5 Å². The number of aliphatic hydroxyl groups excluding tert-OH is 1. The van der Waals surface area contributed by atoms with E-state index in [4.69, 9.17) is 0 Å². The van der Waals surface area contributed by atoms with Crippen molar-refractivity contribution in [3.8, 4) is 0 Å². The maximum Gasteiger partial charge on any atom is 0.149 e. The Morgan fingerprint density at radius 1 is 1.27 bits per heavy atom. The second-order valence-electron chi connectivity index (χ2n) is 6.69. The fourth-order valence-corrected chi connectivity index (χ4v) is 4.72. The van der Waals surface area contributed by atoms with E-state index in [9.17, 15) is 9.90 Å². The standard InChI is InChI=1S/C12H19NO2/c1-10-4-11(2)6-13(5-10)7-12(3,8(10)14)9(11)15/h8,14H,4-7H2,1-3H3/t8-,10-,11+,12+/m0/s1. The minimum Gasteiger partial charge on any atom is -0.391 e. The minimum absolute atomic E-state index is 0.0755. The van der Waals surface area contributed by atoms with Gasteiger partial charge in [0.15, 0.2) is 0 Å². The van der Waals surface area contributed by atoms with Crippen LogP contribution in [0.1, 0.15) is 27.2 Å². The van der Waals surface area contributed by atoms with Crippen molar-refractivity contribution >= 4 is 5.78 Å². The average Bonchev–Trinajstić information content (AvgIpc) is 2.10. The molecule has 84 valence electrons. The molecular weight excluding hydrogens is 190 g/mol. The van der Waals surface area contributed by atoms with Crippen LogP contribution in [-0.4, -0.2) is 41.5 Å². The number of carbonyl (C=O) groups is 1. The van der Waals surface area contributed by atoms with Gasteiger partial charge in [-0.15, -0.1) is 0 Å². The lowest BCUT2D eigenvalue weighted by atomic mass is 9.47. The van der Waals surface area contributed by atoms with E-state index in [1.807, 2.05) is 6.92 Å². The van der Waals surface area contributed by atoms with Crippen LogP contribution in [0.3, 0.4) is 0 Å². The molecule has 0 radical (unpaired) electrons. The molecule has 0 amide bonds. The number of piperidine rings is 3. The summed E-state index contributed by atoms with van der Waals surface area (Å²) >= 11 is 0. The highest BCUT2D eigenvalue weighted by atomic mass is 16.3. The van der Waals surface area contributed by atoms with Gasteiger partial charge in [-0.05, 0) is 13.3 Å². The normalized spacial score (nSPS) is 62.5. The topological polar surface area (TPSA) is 40.5 Å². The van der Waals surface area contributed by atoms with E-state index in [0.717, 1.165) is 26.1 Å². The Morgan fingerprint density at radius 3 is 2.60 bits per heavy atom. The van der Waals surface area contributed by atoms with Gasteiger partial charge in [-0.2, -0.15) is 0 Å². The molecule has 3 nitrogen and oxygen atoms in total. The molecule has 3 aliphatic heterocycles. The molecule has 1 saturated carbocycles. The zero-order valence-electron chi connectivity index (χ0n) is 9.71. The van der Waals surface area contributed by atoms with Crippen molar-refractivity contribution in [2.24, 2.45) is 16.2 Å². The molecule has 0 aromatic heterocycles. The van der Waals surface area contributed by atoms with Gasteiger partial charge < -0.3 is 10.0 Å². The number of ketones is 1. The highest BCUT2D eigenvalue weighted by molar-refractivity contribution is 5.93.